The van der Waals surface area contributed by atoms with Crippen LogP contribution in [0.3, 0.4) is 0 Å². The lowest BCUT2D eigenvalue weighted by molar-refractivity contribution is -0.385. The summed E-state index contributed by atoms with van der Waals surface area (Å²) in [6.07, 6.45) is 3.89. The highest BCUT2D eigenvalue weighted by molar-refractivity contribution is 5.39. The first-order chi connectivity index (χ1) is 8.18. The minimum Gasteiger partial charge on any atom is -0.310 e. The molecular formula is C13H18N2O2. The molecule has 92 valence electrons. The van der Waals surface area contributed by atoms with Gasteiger partial charge in [0.15, 0.2) is 0 Å². The molecule has 1 saturated carbocycles. The van der Waals surface area contributed by atoms with E-state index in [9.17, 15) is 10.1 Å². The molecule has 0 saturated heterocycles. The maximum atomic E-state index is 10.8. The van der Waals surface area contributed by atoms with Gasteiger partial charge >= 0.3 is 0 Å². The molecule has 1 aliphatic carbocycles. The van der Waals surface area contributed by atoms with Gasteiger partial charge in [-0.25, -0.2) is 0 Å². The summed E-state index contributed by atoms with van der Waals surface area (Å²) in [6, 6.07) is 7.38. The Labute approximate surface area is 101 Å². The number of rotatable bonds is 5. The van der Waals surface area contributed by atoms with Crippen LogP contribution in [0.2, 0.25) is 0 Å². The van der Waals surface area contributed by atoms with Crippen molar-refractivity contribution < 1.29 is 4.92 Å². The molecule has 0 heterocycles. The monoisotopic (exact) mass is 234 g/mol. The summed E-state index contributed by atoms with van der Waals surface area (Å²) in [5, 5.41) is 14.2. The zero-order valence-electron chi connectivity index (χ0n) is 10.1. The molecule has 1 aromatic rings. The van der Waals surface area contributed by atoms with Gasteiger partial charge in [-0.05, 0) is 25.7 Å². The van der Waals surface area contributed by atoms with Crippen LogP contribution in [0, 0.1) is 16.0 Å². The van der Waals surface area contributed by atoms with Gasteiger partial charge in [-0.15, -0.1) is 0 Å². The topological polar surface area (TPSA) is 55.2 Å². The summed E-state index contributed by atoms with van der Waals surface area (Å²) in [7, 11) is 0. The van der Waals surface area contributed by atoms with Gasteiger partial charge in [0.2, 0.25) is 0 Å². The second-order valence-electron chi connectivity index (χ2n) is 4.75. The average Bonchev–Trinajstić information content (AvgIpc) is 2.24. The average molecular weight is 234 g/mol. The number of nitrogens with zero attached hydrogens (tertiary/aromatic N) is 1. The number of nitro groups is 1. The molecule has 4 heteroatoms. The van der Waals surface area contributed by atoms with E-state index >= 15 is 0 Å². The summed E-state index contributed by atoms with van der Waals surface area (Å²) >= 11 is 0. The fraction of sp³-hybridized carbons (Fsp3) is 0.538. The molecule has 2 rings (SSSR count). The summed E-state index contributed by atoms with van der Waals surface area (Å²) in [5.41, 5.74) is 0.976. The van der Waals surface area contributed by atoms with Crippen molar-refractivity contribution in [2.24, 2.45) is 5.92 Å². The van der Waals surface area contributed by atoms with Crippen LogP contribution >= 0.6 is 0 Å². The third-order valence-electron chi connectivity index (χ3n) is 3.66. The van der Waals surface area contributed by atoms with Crippen LogP contribution < -0.4 is 5.32 Å². The van der Waals surface area contributed by atoms with Crippen LogP contribution in [0.25, 0.3) is 0 Å². The van der Waals surface area contributed by atoms with E-state index in [1.807, 2.05) is 12.1 Å². The van der Waals surface area contributed by atoms with Crippen LogP contribution in [0.4, 0.5) is 5.69 Å². The minimum atomic E-state index is -0.314. The van der Waals surface area contributed by atoms with Crippen LogP contribution in [0.1, 0.15) is 31.7 Å². The van der Waals surface area contributed by atoms with Crippen molar-refractivity contribution in [3.05, 3.63) is 39.9 Å². The molecule has 0 spiro atoms. The summed E-state index contributed by atoms with van der Waals surface area (Å²) in [4.78, 5) is 10.5. The van der Waals surface area contributed by atoms with Crippen molar-refractivity contribution in [1.82, 2.24) is 5.32 Å². The second kappa shape index (κ2) is 5.27. The van der Waals surface area contributed by atoms with Crippen LogP contribution in [0.5, 0.6) is 0 Å². The molecule has 0 aromatic heterocycles. The standard InChI is InChI=1S/C13H18N2O2/c1-10(11-6-4-7-11)14-9-12-5-2-3-8-13(12)15(16)17/h2-3,5,8,10-11,14H,4,6-7,9H2,1H3. The summed E-state index contributed by atoms with van der Waals surface area (Å²) < 4.78 is 0. The van der Waals surface area contributed by atoms with Crippen molar-refractivity contribution in [1.29, 1.82) is 0 Å². The summed E-state index contributed by atoms with van der Waals surface area (Å²) in [5.74, 6) is 0.748. The van der Waals surface area contributed by atoms with Gasteiger partial charge in [-0.1, -0.05) is 24.6 Å². The van der Waals surface area contributed by atoms with E-state index in [0.29, 0.717) is 12.6 Å². The Morgan fingerprint density at radius 1 is 1.47 bits per heavy atom. The Bertz CT molecular complexity index is 402. The third-order valence-corrected chi connectivity index (χ3v) is 3.66. The maximum absolute atomic E-state index is 10.8. The van der Waals surface area contributed by atoms with Gasteiger partial charge < -0.3 is 5.32 Å². The number of benzene rings is 1. The van der Waals surface area contributed by atoms with Gasteiger partial charge in [0, 0.05) is 24.2 Å². The first kappa shape index (κ1) is 12.0. The van der Waals surface area contributed by atoms with Crippen molar-refractivity contribution in [3.8, 4) is 0 Å². The predicted octanol–water partition coefficient (Wildman–Crippen LogP) is 2.87. The molecule has 1 aromatic carbocycles. The zero-order valence-corrected chi connectivity index (χ0v) is 10.1. The molecule has 1 aliphatic rings. The third kappa shape index (κ3) is 2.82. The first-order valence-electron chi connectivity index (χ1n) is 6.14. The molecule has 1 unspecified atom stereocenters. The van der Waals surface area contributed by atoms with Crippen molar-refractivity contribution in [2.45, 2.75) is 38.8 Å². The molecule has 0 amide bonds. The van der Waals surface area contributed by atoms with E-state index in [-0.39, 0.29) is 10.6 Å². The highest BCUT2D eigenvalue weighted by Gasteiger charge is 2.23. The van der Waals surface area contributed by atoms with Gasteiger partial charge in [-0.2, -0.15) is 0 Å². The molecular weight excluding hydrogens is 216 g/mol. The fourth-order valence-corrected chi connectivity index (χ4v) is 2.22. The molecule has 1 fully saturated rings. The highest BCUT2D eigenvalue weighted by Crippen LogP contribution is 2.29. The van der Waals surface area contributed by atoms with E-state index in [0.717, 1.165) is 11.5 Å². The smallest absolute Gasteiger partial charge is 0.273 e. The lowest BCUT2D eigenvalue weighted by Gasteiger charge is -2.32. The lowest BCUT2D eigenvalue weighted by atomic mass is 9.80. The fourth-order valence-electron chi connectivity index (χ4n) is 2.22. The van der Waals surface area contributed by atoms with Crippen LogP contribution in [-0.2, 0) is 6.54 Å². The molecule has 1 N–H and O–H groups in total. The van der Waals surface area contributed by atoms with E-state index < -0.39 is 0 Å². The Kier molecular flexibility index (Phi) is 3.74. The largest absolute Gasteiger partial charge is 0.310 e. The predicted molar refractivity (Wildman–Crippen MR) is 66.7 cm³/mol. The van der Waals surface area contributed by atoms with Gasteiger partial charge in [0.05, 0.1) is 4.92 Å². The Morgan fingerprint density at radius 2 is 2.18 bits per heavy atom. The quantitative estimate of drug-likeness (QED) is 0.629. The highest BCUT2D eigenvalue weighted by atomic mass is 16.6. The molecule has 1 atom stereocenters. The minimum absolute atomic E-state index is 0.209. The second-order valence-corrected chi connectivity index (χ2v) is 4.75. The number of para-hydroxylation sites is 1. The lowest BCUT2D eigenvalue weighted by Crippen LogP contribution is -2.36. The number of hydrogen-bond donors (Lipinski definition) is 1. The molecule has 0 aliphatic heterocycles. The summed E-state index contributed by atoms with van der Waals surface area (Å²) in [6.45, 7) is 2.74. The number of nitrogens with one attached hydrogen (secondary N) is 1. The zero-order chi connectivity index (χ0) is 12.3. The van der Waals surface area contributed by atoms with Gasteiger partial charge in [0.1, 0.15) is 0 Å². The molecule has 4 nitrogen and oxygen atoms in total. The molecule has 17 heavy (non-hydrogen) atoms. The Balaban J connectivity index is 1.95. The van der Waals surface area contributed by atoms with Gasteiger partial charge in [-0.3, -0.25) is 10.1 Å². The first-order valence-corrected chi connectivity index (χ1v) is 6.14. The van der Waals surface area contributed by atoms with Crippen molar-refractivity contribution >= 4 is 5.69 Å². The SMILES string of the molecule is CC(NCc1ccccc1[N+](=O)[O-])C1CCC1. The van der Waals surface area contributed by atoms with E-state index in [4.69, 9.17) is 0 Å². The van der Waals surface area contributed by atoms with E-state index in [1.54, 1.807) is 12.1 Å². The maximum Gasteiger partial charge on any atom is 0.273 e. The van der Waals surface area contributed by atoms with Crippen molar-refractivity contribution in [2.75, 3.05) is 0 Å². The normalized spacial score (nSPS) is 17.5. The Hall–Kier alpha value is -1.42. The molecule has 0 bridgehead atoms. The Morgan fingerprint density at radius 3 is 2.76 bits per heavy atom. The van der Waals surface area contributed by atoms with Gasteiger partial charge in [0.25, 0.3) is 5.69 Å². The molecule has 0 radical (unpaired) electrons. The van der Waals surface area contributed by atoms with Crippen molar-refractivity contribution in [3.63, 3.8) is 0 Å². The van der Waals surface area contributed by atoms with E-state index in [2.05, 4.69) is 12.2 Å². The van der Waals surface area contributed by atoms with Crippen LogP contribution in [0.15, 0.2) is 24.3 Å². The number of hydrogen-bond acceptors (Lipinski definition) is 3. The van der Waals surface area contributed by atoms with E-state index in [1.165, 1.54) is 19.3 Å². The number of nitro benzene ring substituents is 1. The van der Waals surface area contributed by atoms with Crippen LogP contribution in [-0.4, -0.2) is 11.0 Å².